The Balaban J connectivity index is 2.79. The first-order chi connectivity index (χ1) is 6.07. The lowest BCUT2D eigenvalue weighted by Gasteiger charge is -2.38. The van der Waals surface area contributed by atoms with Crippen LogP contribution in [0.4, 0.5) is 8.78 Å². The second-order valence-corrected chi connectivity index (χ2v) is 4.38. The van der Waals surface area contributed by atoms with Gasteiger partial charge in [-0.15, -0.1) is 0 Å². The van der Waals surface area contributed by atoms with E-state index in [0.717, 1.165) is 25.7 Å². The fraction of sp³-hybridized carbons (Fsp3) is 0.818. The summed E-state index contributed by atoms with van der Waals surface area (Å²) in [6.45, 7) is 4.09. The maximum atomic E-state index is 12.3. The van der Waals surface area contributed by atoms with E-state index in [1.807, 2.05) is 13.8 Å². The van der Waals surface area contributed by atoms with Crippen LogP contribution in [0.3, 0.4) is 0 Å². The number of rotatable bonds is 2. The molecule has 13 heavy (non-hydrogen) atoms. The van der Waals surface area contributed by atoms with Gasteiger partial charge in [-0.25, -0.2) is 0 Å². The van der Waals surface area contributed by atoms with Gasteiger partial charge in [0.15, 0.2) is 0 Å². The van der Waals surface area contributed by atoms with Crippen LogP contribution in [0.5, 0.6) is 0 Å². The Kier molecular flexibility index (Phi) is 3.46. The lowest BCUT2D eigenvalue weighted by atomic mass is 9.67. The third kappa shape index (κ3) is 2.52. The smallest absolute Gasteiger partial charge is 0.174 e. The highest BCUT2D eigenvalue weighted by Gasteiger charge is 2.33. The van der Waals surface area contributed by atoms with E-state index in [0.29, 0.717) is 5.92 Å². The molecule has 0 bridgehead atoms. The van der Waals surface area contributed by atoms with Gasteiger partial charge in [-0.05, 0) is 30.3 Å². The minimum absolute atomic E-state index is 0.211. The summed E-state index contributed by atoms with van der Waals surface area (Å²) in [4.78, 5) is 0. The van der Waals surface area contributed by atoms with Crippen molar-refractivity contribution in [3.8, 4) is 0 Å². The molecule has 0 amide bonds. The van der Waals surface area contributed by atoms with Crippen molar-refractivity contribution >= 4 is 0 Å². The second kappa shape index (κ2) is 4.21. The molecule has 76 valence electrons. The third-order valence-corrected chi connectivity index (χ3v) is 3.33. The van der Waals surface area contributed by atoms with Gasteiger partial charge >= 0.3 is 0 Å². The summed E-state index contributed by atoms with van der Waals surface area (Å²) >= 11 is 0. The van der Waals surface area contributed by atoms with Crippen LogP contribution in [0.15, 0.2) is 12.2 Å². The molecular weight excluding hydrogens is 170 g/mol. The average Bonchev–Trinajstić information content (AvgIpc) is 2.04. The maximum absolute atomic E-state index is 12.3. The number of hydrogen-bond acceptors (Lipinski definition) is 0. The minimum atomic E-state index is -1.50. The molecule has 0 unspecified atom stereocenters. The fourth-order valence-corrected chi connectivity index (χ4v) is 2.32. The normalized spacial score (nSPS) is 21.6. The Hall–Kier alpha value is -0.400. The van der Waals surface area contributed by atoms with Crippen molar-refractivity contribution in [2.75, 3.05) is 0 Å². The molecule has 1 fully saturated rings. The third-order valence-electron chi connectivity index (χ3n) is 3.33. The molecule has 1 aliphatic carbocycles. The van der Waals surface area contributed by atoms with Crippen molar-refractivity contribution in [1.29, 1.82) is 0 Å². The van der Waals surface area contributed by atoms with E-state index >= 15 is 0 Å². The summed E-state index contributed by atoms with van der Waals surface area (Å²) in [5.41, 5.74) is -0.211. The first-order valence-electron chi connectivity index (χ1n) is 5.11. The molecule has 1 saturated carbocycles. The van der Waals surface area contributed by atoms with Crippen LogP contribution in [-0.4, -0.2) is 0 Å². The molecule has 0 nitrogen and oxygen atoms in total. The van der Waals surface area contributed by atoms with Gasteiger partial charge in [0.25, 0.3) is 6.08 Å². The van der Waals surface area contributed by atoms with Crippen LogP contribution in [0.2, 0.25) is 0 Å². The summed E-state index contributed by atoms with van der Waals surface area (Å²) in [5, 5.41) is 0. The van der Waals surface area contributed by atoms with E-state index in [2.05, 4.69) is 0 Å². The summed E-state index contributed by atoms with van der Waals surface area (Å²) in [6.07, 6.45) is 4.97. The second-order valence-electron chi connectivity index (χ2n) is 4.38. The Morgan fingerprint density at radius 1 is 1.15 bits per heavy atom. The zero-order valence-electron chi connectivity index (χ0n) is 8.45. The minimum Gasteiger partial charge on any atom is -0.174 e. The largest absolute Gasteiger partial charge is 0.266 e. The van der Waals surface area contributed by atoms with Crippen molar-refractivity contribution < 1.29 is 8.78 Å². The molecular formula is C11H18F2. The van der Waals surface area contributed by atoms with Gasteiger partial charge in [-0.1, -0.05) is 33.1 Å². The highest BCUT2D eigenvalue weighted by molar-refractivity contribution is 5.03. The molecule has 0 aromatic heterocycles. The van der Waals surface area contributed by atoms with E-state index in [9.17, 15) is 8.78 Å². The molecule has 0 atom stereocenters. The van der Waals surface area contributed by atoms with E-state index in [4.69, 9.17) is 0 Å². The summed E-state index contributed by atoms with van der Waals surface area (Å²) in [7, 11) is 0. The van der Waals surface area contributed by atoms with E-state index < -0.39 is 6.08 Å². The maximum Gasteiger partial charge on any atom is 0.266 e. The van der Waals surface area contributed by atoms with Crippen LogP contribution in [0, 0.1) is 11.3 Å². The van der Waals surface area contributed by atoms with Gasteiger partial charge < -0.3 is 0 Å². The Bertz CT molecular complexity index is 184. The molecule has 2 heteroatoms. The van der Waals surface area contributed by atoms with Crippen LogP contribution in [-0.2, 0) is 0 Å². The van der Waals surface area contributed by atoms with Gasteiger partial charge in [0.05, 0.1) is 0 Å². The van der Waals surface area contributed by atoms with Gasteiger partial charge in [-0.3, -0.25) is 0 Å². The number of hydrogen-bond donors (Lipinski definition) is 0. The van der Waals surface area contributed by atoms with Crippen LogP contribution >= 0.6 is 0 Å². The molecule has 0 radical (unpaired) electrons. The molecule has 0 saturated heterocycles. The standard InChI is InChI=1S/C11H18F2/c1-9(2)11(8-10(12)13)6-4-3-5-7-11/h8-9H,3-7H2,1-2H3. The number of allylic oxidation sites excluding steroid dienone is 1. The summed E-state index contributed by atoms with van der Waals surface area (Å²) < 4.78 is 24.6. The molecule has 1 aliphatic rings. The molecule has 0 aromatic rings. The van der Waals surface area contributed by atoms with Crippen molar-refractivity contribution in [2.24, 2.45) is 11.3 Å². The van der Waals surface area contributed by atoms with Crippen LogP contribution in [0.25, 0.3) is 0 Å². The molecule has 0 spiro atoms. The topological polar surface area (TPSA) is 0 Å². The van der Waals surface area contributed by atoms with Crippen molar-refractivity contribution in [3.05, 3.63) is 12.2 Å². The summed E-state index contributed by atoms with van der Waals surface area (Å²) in [5.74, 6) is 0.328. The molecule has 1 rings (SSSR count). The van der Waals surface area contributed by atoms with E-state index in [1.165, 1.54) is 12.5 Å². The first-order valence-corrected chi connectivity index (χ1v) is 5.11. The van der Waals surface area contributed by atoms with Crippen LogP contribution < -0.4 is 0 Å². The number of halogens is 2. The van der Waals surface area contributed by atoms with Crippen molar-refractivity contribution in [1.82, 2.24) is 0 Å². The lowest BCUT2D eigenvalue weighted by molar-refractivity contribution is 0.172. The zero-order valence-corrected chi connectivity index (χ0v) is 8.45. The van der Waals surface area contributed by atoms with E-state index in [1.54, 1.807) is 0 Å². The molecule has 0 N–H and O–H groups in total. The average molecular weight is 188 g/mol. The predicted molar refractivity (Wildman–Crippen MR) is 50.7 cm³/mol. The van der Waals surface area contributed by atoms with Gasteiger partial charge in [0.1, 0.15) is 0 Å². The first kappa shape index (κ1) is 10.7. The molecule has 0 aromatic carbocycles. The Labute approximate surface area is 79.0 Å². The Morgan fingerprint density at radius 3 is 2.08 bits per heavy atom. The Morgan fingerprint density at radius 2 is 1.69 bits per heavy atom. The van der Waals surface area contributed by atoms with Gasteiger partial charge in [-0.2, -0.15) is 8.78 Å². The monoisotopic (exact) mass is 188 g/mol. The molecule has 0 aliphatic heterocycles. The summed E-state index contributed by atoms with van der Waals surface area (Å²) in [6, 6.07) is 0. The quantitative estimate of drug-likeness (QED) is 0.603. The van der Waals surface area contributed by atoms with Crippen LogP contribution in [0.1, 0.15) is 46.0 Å². The zero-order chi connectivity index (χ0) is 9.90. The van der Waals surface area contributed by atoms with Crippen molar-refractivity contribution in [2.45, 2.75) is 46.0 Å². The highest BCUT2D eigenvalue weighted by atomic mass is 19.3. The fourth-order valence-electron chi connectivity index (χ4n) is 2.32. The highest BCUT2D eigenvalue weighted by Crippen LogP contribution is 2.44. The van der Waals surface area contributed by atoms with E-state index in [-0.39, 0.29) is 5.41 Å². The van der Waals surface area contributed by atoms with Gasteiger partial charge in [0, 0.05) is 0 Å². The predicted octanol–water partition coefficient (Wildman–Crippen LogP) is 4.37. The van der Waals surface area contributed by atoms with Gasteiger partial charge in [0.2, 0.25) is 0 Å². The molecule has 0 heterocycles. The SMILES string of the molecule is CC(C)C1(C=C(F)F)CCCCC1. The van der Waals surface area contributed by atoms with Crippen molar-refractivity contribution in [3.63, 3.8) is 0 Å². The lowest BCUT2D eigenvalue weighted by Crippen LogP contribution is -2.27.